The van der Waals surface area contributed by atoms with Gasteiger partial charge in [-0.25, -0.2) is 0 Å². The summed E-state index contributed by atoms with van der Waals surface area (Å²) in [5, 5.41) is 0. The number of rotatable bonds is 8. The van der Waals surface area contributed by atoms with Crippen molar-refractivity contribution in [3.05, 3.63) is 94.5 Å². The molecule has 0 aliphatic carbocycles. The summed E-state index contributed by atoms with van der Waals surface area (Å²) in [6.07, 6.45) is 0. The van der Waals surface area contributed by atoms with E-state index < -0.39 is 0 Å². The van der Waals surface area contributed by atoms with E-state index in [4.69, 9.17) is 9.47 Å². The van der Waals surface area contributed by atoms with Crippen LogP contribution in [0.15, 0.2) is 66.7 Å². The Balaban J connectivity index is 1.55. The van der Waals surface area contributed by atoms with Gasteiger partial charge in [0.2, 0.25) is 0 Å². The highest BCUT2D eigenvalue weighted by molar-refractivity contribution is 6.22. The van der Waals surface area contributed by atoms with E-state index in [0.29, 0.717) is 35.7 Å². The first-order chi connectivity index (χ1) is 16.5. The molecule has 174 valence electrons. The molecule has 0 bridgehead atoms. The van der Waals surface area contributed by atoms with Crippen molar-refractivity contribution in [2.45, 2.75) is 20.0 Å². The second kappa shape index (κ2) is 9.79. The van der Waals surface area contributed by atoms with Crippen LogP contribution < -0.4 is 9.47 Å². The molecule has 0 N–H and O–H groups in total. The molecule has 34 heavy (non-hydrogen) atoms. The maximum Gasteiger partial charge on any atom is 0.261 e. The molecule has 7 heteroatoms. The Hall–Kier alpha value is -4.13. The van der Waals surface area contributed by atoms with Gasteiger partial charge in [-0.2, -0.15) is 0 Å². The van der Waals surface area contributed by atoms with Gasteiger partial charge in [0, 0.05) is 18.7 Å². The fourth-order valence-corrected chi connectivity index (χ4v) is 4.04. The van der Waals surface area contributed by atoms with Gasteiger partial charge in [0.25, 0.3) is 17.7 Å². The summed E-state index contributed by atoms with van der Waals surface area (Å²) in [6.45, 7) is 2.91. The van der Waals surface area contributed by atoms with Crippen molar-refractivity contribution in [3.8, 4) is 11.5 Å². The topological polar surface area (TPSA) is 76.2 Å². The normalized spacial score (nSPS) is 12.5. The lowest BCUT2D eigenvalue weighted by atomic mass is 10.0. The Labute approximate surface area is 198 Å². The molecule has 4 rings (SSSR count). The average molecular weight is 459 g/mol. The molecule has 0 atom stereocenters. The summed E-state index contributed by atoms with van der Waals surface area (Å²) in [4.78, 5) is 42.0. The fraction of sp³-hybridized carbons (Fsp3) is 0.222. The largest absolute Gasteiger partial charge is 0.493 e. The number of imide groups is 1. The second-order valence-corrected chi connectivity index (χ2v) is 7.95. The Morgan fingerprint density at radius 2 is 1.53 bits per heavy atom. The zero-order valence-electron chi connectivity index (χ0n) is 19.4. The number of fused-ring (bicyclic) bond motifs is 1. The summed E-state index contributed by atoms with van der Waals surface area (Å²) in [7, 11) is 3.13. The first-order valence-electron chi connectivity index (χ1n) is 11.0. The summed E-state index contributed by atoms with van der Waals surface area (Å²) in [5.41, 5.74) is 2.69. The Morgan fingerprint density at radius 3 is 2.21 bits per heavy atom. The summed E-state index contributed by atoms with van der Waals surface area (Å²) >= 11 is 0. The van der Waals surface area contributed by atoms with E-state index in [2.05, 4.69) is 0 Å². The van der Waals surface area contributed by atoms with Crippen molar-refractivity contribution in [2.24, 2.45) is 0 Å². The number of carbonyl (C=O) groups is 3. The molecule has 0 radical (unpaired) electrons. The number of nitrogens with zero attached hydrogens (tertiary/aromatic N) is 2. The second-order valence-electron chi connectivity index (χ2n) is 7.95. The molecule has 3 aromatic rings. The van der Waals surface area contributed by atoms with E-state index in [0.717, 1.165) is 11.1 Å². The van der Waals surface area contributed by atoms with E-state index in [1.807, 2.05) is 49.4 Å². The van der Waals surface area contributed by atoms with Gasteiger partial charge in [0.05, 0.1) is 31.9 Å². The van der Waals surface area contributed by atoms with Crippen molar-refractivity contribution in [3.63, 3.8) is 0 Å². The highest BCUT2D eigenvalue weighted by Crippen LogP contribution is 2.29. The van der Waals surface area contributed by atoms with Gasteiger partial charge in [-0.1, -0.05) is 36.4 Å². The lowest BCUT2D eigenvalue weighted by Gasteiger charge is -2.22. The van der Waals surface area contributed by atoms with Crippen LogP contribution in [0.1, 0.15) is 49.1 Å². The SMILES string of the molecule is CCN(Cc1ccc(OC)c(OC)c1)C(=O)c1ccc2c(c1)C(=O)N(Cc1ccccc1)C2=O. The summed E-state index contributed by atoms with van der Waals surface area (Å²) in [5.74, 6) is 0.245. The number of ether oxygens (including phenoxy) is 2. The number of methoxy groups -OCH3 is 2. The highest BCUT2D eigenvalue weighted by Gasteiger charge is 2.36. The van der Waals surface area contributed by atoms with Gasteiger partial charge in [-0.15, -0.1) is 0 Å². The van der Waals surface area contributed by atoms with Gasteiger partial charge in [0.1, 0.15) is 0 Å². The molecular weight excluding hydrogens is 432 g/mol. The van der Waals surface area contributed by atoms with Crippen LogP contribution in [0.5, 0.6) is 11.5 Å². The minimum Gasteiger partial charge on any atom is -0.493 e. The van der Waals surface area contributed by atoms with E-state index in [-0.39, 0.29) is 29.8 Å². The number of amides is 3. The molecule has 0 saturated heterocycles. The minimum atomic E-state index is -0.388. The van der Waals surface area contributed by atoms with Crippen LogP contribution >= 0.6 is 0 Å². The molecule has 7 nitrogen and oxygen atoms in total. The van der Waals surface area contributed by atoms with Crippen LogP contribution in [0.25, 0.3) is 0 Å². The predicted molar refractivity (Wildman–Crippen MR) is 127 cm³/mol. The average Bonchev–Trinajstić information content (AvgIpc) is 3.11. The minimum absolute atomic E-state index is 0.191. The first-order valence-corrected chi connectivity index (χ1v) is 11.0. The lowest BCUT2D eigenvalue weighted by molar-refractivity contribution is 0.0642. The van der Waals surface area contributed by atoms with Gasteiger partial charge < -0.3 is 14.4 Å². The number of carbonyl (C=O) groups excluding carboxylic acids is 3. The summed E-state index contributed by atoms with van der Waals surface area (Å²) < 4.78 is 10.6. The van der Waals surface area contributed by atoms with E-state index >= 15 is 0 Å². The van der Waals surface area contributed by atoms with Gasteiger partial charge in [0.15, 0.2) is 11.5 Å². The molecule has 0 aromatic heterocycles. The maximum absolute atomic E-state index is 13.3. The molecule has 3 aromatic carbocycles. The third kappa shape index (κ3) is 4.37. The molecule has 1 aliphatic heterocycles. The molecule has 0 fully saturated rings. The Morgan fingerprint density at radius 1 is 0.824 bits per heavy atom. The molecule has 0 spiro atoms. The molecule has 1 heterocycles. The smallest absolute Gasteiger partial charge is 0.261 e. The summed E-state index contributed by atoms with van der Waals surface area (Å²) in [6, 6.07) is 19.6. The standard InChI is InChI=1S/C27H26N2O5/c1-4-28(16-19-10-13-23(33-2)24(14-19)34-3)25(30)20-11-12-21-22(15-20)27(32)29(26(21)31)17-18-8-6-5-7-9-18/h5-15H,4,16-17H2,1-3H3. The van der Waals surface area contributed by atoms with Crippen LogP contribution in [-0.4, -0.2) is 48.3 Å². The third-order valence-corrected chi connectivity index (χ3v) is 5.89. The molecular formula is C27H26N2O5. The van der Waals surface area contributed by atoms with Crippen LogP contribution in [-0.2, 0) is 13.1 Å². The molecule has 0 unspecified atom stereocenters. The monoisotopic (exact) mass is 458 g/mol. The molecule has 0 saturated carbocycles. The van der Waals surface area contributed by atoms with Crippen molar-refractivity contribution in [1.82, 2.24) is 9.80 Å². The third-order valence-electron chi connectivity index (χ3n) is 5.89. The lowest BCUT2D eigenvalue weighted by Crippen LogP contribution is -2.30. The van der Waals surface area contributed by atoms with Crippen molar-refractivity contribution < 1.29 is 23.9 Å². The van der Waals surface area contributed by atoms with Crippen molar-refractivity contribution in [2.75, 3.05) is 20.8 Å². The quantitative estimate of drug-likeness (QED) is 0.474. The first kappa shape index (κ1) is 23.0. The van der Waals surface area contributed by atoms with Crippen LogP contribution in [0.2, 0.25) is 0 Å². The van der Waals surface area contributed by atoms with Crippen molar-refractivity contribution >= 4 is 17.7 Å². The van der Waals surface area contributed by atoms with E-state index in [9.17, 15) is 14.4 Å². The van der Waals surface area contributed by atoms with Gasteiger partial charge >= 0.3 is 0 Å². The van der Waals surface area contributed by atoms with Gasteiger partial charge in [-0.3, -0.25) is 19.3 Å². The Kier molecular flexibility index (Phi) is 6.63. The zero-order valence-corrected chi connectivity index (χ0v) is 19.4. The van der Waals surface area contributed by atoms with E-state index in [1.54, 1.807) is 37.3 Å². The zero-order chi connectivity index (χ0) is 24.2. The van der Waals surface area contributed by atoms with Crippen LogP contribution in [0.3, 0.4) is 0 Å². The van der Waals surface area contributed by atoms with Gasteiger partial charge in [-0.05, 0) is 48.4 Å². The van der Waals surface area contributed by atoms with Crippen LogP contribution in [0, 0.1) is 0 Å². The number of benzene rings is 3. The Bertz CT molecular complexity index is 1240. The number of hydrogen-bond acceptors (Lipinski definition) is 5. The number of hydrogen-bond donors (Lipinski definition) is 0. The predicted octanol–water partition coefficient (Wildman–Crippen LogP) is 4.16. The molecule has 1 aliphatic rings. The van der Waals surface area contributed by atoms with E-state index in [1.165, 1.54) is 11.0 Å². The molecule has 3 amide bonds. The van der Waals surface area contributed by atoms with Crippen LogP contribution in [0.4, 0.5) is 0 Å². The highest BCUT2D eigenvalue weighted by atomic mass is 16.5. The fourth-order valence-electron chi connectivity index (χ4n) is 4.04. The van der Waals surface area contributed by atoms with Crippen molar-refractivity contribution in [1.29, 1.82) is 0 Å². The maximum atomic E-state index is 13.3.